The van der Waals surface area contributed by atoms with E-state index in [1.54, 1.807) is 36.4 Å². The Kier molecular flexibility index (Phi) is 4.88. The molecule has 3 N–H and O–H groups in total. The van der Waals surface area contributed by atoms with Gasteiger partial charge in [0.15, 0.2) is 0 Å². The number of hydrogen-bond acceptors (Lipinski definition) is 3. The standard InChI is InChI=1S/C18H13Cl2N3O2/c19-9-17(21)22-12-3-1-2-10(6-12)16-8-14(18(24)25)13-7-11(20)4-5-15(13)23-16/h1-8H,9H2,(H2,21,22)(H,24,25). The maximum Gasteiger partial charge on any atom is 0.336 e. The summed E-state index contributed by atoms with van der Waals surface area (Å²) in [5.41, 5.74) is 8.21. The second kappa shape index (κ2) is 7.09. The Morgan fingerprint density at radius 1 is 1.20 bits per heavy atom. The summed E-state index contributed by atoms with van der Waals surface area (Å²) in [6.45, 7) is 0. The lowest BCUT2D eigenvalue weighted by atomic mass is 10.0. The molecule has 0 amide bonds. The third-order valence-corrected chi connectivity index (χ3v) is 4.06. The molecule has 0 unspecified atom stereocenters. The summed E-state index contributed by atoms with van der Waals surface area (Å²) >= 11 is 11.6. The van der Waals surface area contributed by atoms with E-state index in [9.17, 15) is 9.90 Å². The quantitative estimate of drug-likeness (QED) is 0.400. The van der Waals surface area contributed by atoms with Gasteiger partial charge in [-0.3, -0.25) is 0 Å². The van der Waals surface area contributed by atoms with Crippen LogP contribution in [0.1, 0.15) is 10.4 Å². The molecule has 0 atom stereocenters. The average molecular weight is 374 g/mol. The van der Waals surface area contributed by atoms with Crippen LogP contribution in [0.3, 0.4) is 0 Å². The van der Waals surface area contributed by atoms with Gasteiger partial charge in [-0.1, -0.05) is 23.7 Å². The summed E-state index contributed by atoms with van der Waals surface area (Å²) in [6.07, 6.45) is 0. The van der Waals surface area contributed by atoms with Crippen molar-refractivity contribution in [2.45, 2.75) is 0 Å². The molecular formula is C18H13Cl2N3O2. The Hall–Kier alpha value is -2.63. The van der Waals surface area contributed by atoms with Gasteiger partial charge in [0.25, 0.3) is 0 Å². The summed E-state index contributed by atoms with van der Waals surface area (Å²) in [5.74, 6) is -0.620. The molecule has 0 saturated heterocycles. The Morgan fingerprint density at radius 2 is 2.00 bits per heavy atom. The molecule has 0 spiro atoms. The Morgan fingerprint density at radius 3 is 2.72 bits per heavy atom. The predicted molar refractivity (Wildman–Crippen MR) is 101 cm³/mol. The summed E-state index contributed by atoms with van der Waals surface area (Å²) in [5, 5.41) is 10.5. The van der Waals surface area contributed by atoms with Crippen LogP contribution in [0.5, 0.6) is 0 Å². The van der Waals surface area contributed by atoms with Crippen LogP contribution in [0.2, 0.25) is 5.02 Å². The molecule has 2 aromatic carbocycles. The number of carboxylic acids is 1. The number of pyridine rings is 1. The second-order valence-corrected chi connectivity index (χ2v) is 6.01. The van der Waals surface area contributed by atoms with Crippen molar-refractivity contribution in [3.05, 3.63) is 59.1 Å². The molecule has 1 heterocycles. The molecule has 0 fully saturated rings. The average Bonchev–Trinajstić information content (AvgIpc) is 2.60. The normalized spacial score (nSPS) is 11.7. The number of aromatic carboxylic acids is 1. The summed E-state index contributed by atoms with van der Waals surface area (Å²) in [4.78, 5) is 20.4. The molecule has 126 valence electrons. The van der Waals surface area contributed by atoms with Crippen LogP contribution < -0.4 is 5.73 Å². The zero-order valence-electron chi connectivity index (χ0n) is 12.9. The van der Waals surface area contributed by atoms with E-state index >= 15 is 0 Å². The maximum absolute atomic E-state index is 11.6. The van der Waals surface area contributed by atoms with Crippen molar-refractivity contribution >= 4 is 51.6 Å². The first-order chi connectivity index (χ1) is 12.0. The van der Waals surface area contributed by atoms with Gasteiger partial charge in [0.05, 0.1) is 28.3 Å². The first kappa shape index (κ1) is 17.2. The molecule has 5 nitrogen and oxygen atoms in total. The highest BCUT2D eigenvalue weighted by Crippen LogP contribution is 2.29. The van der Waals surface area contributed by atoms with Gasteiger partial charge in [0.1, 0.15) is 5.84 Å². The van der Waals surface area contributed by atoms with Gasteiger partial charge < -0.3 is 10.8 Å². The first-order valence-corrected chi connectivity index (χ1v) is 8.22. The number of hydrogen-bond donors (Lipinski definition) is 2. The van der Waals surface area contributed by atoms with Crippen molar-refractivity contribution in [1.82, 2.24) is 4.98 Å². The van der Waals surface area contributed by atoms with Crippen LogP contribution in [0, 0.1) is 0 Å². The number of carbonyl (C=O) groups is 1. The highest BCUT2D eigenvalue weighted by Gasteiger charge is 2.13. The minimum Gasteiger partial charge on any atom is -0.478 e. The fraction of sp³-hybridized carbons (Fsp3) is 0.0556. The van der Waals surface area contributed by atoms with Crippen LogP contribution >= 0.6 is 23.2 Å². The van der Waals surface area contributed by atoms with E-state index in [1.807, 2.05) is 6.07 Å². The van der Waals surface area contributed by atoms with E-state index in [1.165, 1.54) is 6.07 Å². The molecule has 0 bridgehead atoms. The van der Waals surface area contributed by atoms with E-state index in [4.69, 9.17) is 28.9 Å². The number of fused-ring (bicyclic) bond motifs is 1. The zero-order chi connectivity index (χ0) is 18.0. The first-order valence-electron chi connectivity index (χ1n) is 7.31. The van der Waals surface area contributed by atoms with Crippen molar-refractivity contribution in [2.24, 2.45) is 10.7 Å². The lowest BCUT2D eigenvalue weighted by Gasteiger charge is -2.08. The summed E-state index contributed by atoms with van der Waals surface area (Å²) in [6, 6.07) is 13.7. The predicted octanol–water partition coefficient (Wildman–Crippen LogP) is 4.48. The number of benzene rings is 2. The van der Waals surface area contributed by atoms with Crippen LogP contribution in [-0.2, 0) is 0 Å². The lowest BCUT2D eigenvalue weighted by Crippen LogP contribution is -2.12. The number of amidine groups is 1. The van der Waals surface area contributed by atoms with Crippen LogP contribution in [0.15, 0.2) is 53.5 Å². The largest absolute Gasteiger partial charge is 0.478 e. The molecule has 1 aromatic heterocycles. The third kappa shape index (κ3) is 3.73. The van der Waals surface area contributed by atoms with E-state index in [0.29, 0.717) is 33.1 Å². The highest BCUT2D eigenvalue weighted by atomic mass is 35.5. The second-order valence-electron chi connectivity index (χ2n) is 5.31. The smallest absolute Gasteiger partial charge is 0.336 e. The van der Waals surface area contributed by atoms with E-state index in [2.05, 4.69) is 9.98 Å². The number of nitrogens with zero attached hydrogens (tertiary/aromatic N) is 2. The minimum atomic E-state index is -1.04. The van der Waals surface area contributed by atoms with E-state index in [0.717, 1.165) is 5.56 Å². The van der Waals surface area contributed by atoms with E-state index < -0.39 is 5.97 Å². The van der Waals surface area contributed by atoms with Gasteiger partial charge in [0, 0.05) is 16.0 Å². The number of rotatable bonds is 4. The molecule has 3 aromatic rings. The molecule has 0 aliphatic heterocycles. The van der Waals surface area contributed by atoms with Gasteiger partial charge in [-0.05, 0) is 36.4 Å². The molecule has 0 radical (unpaired) electrons. The summed E-state index contributed by atoms with van der Waals surface area (Å²) in [7, 11) is 0. The van der Waals surface area contributed by atoms with Crippen molar-refractivity contribution in [3.63, 3.8) is 0 Å². The van der Waals surface area contributed by atoms with Gasteiger partial charge in [-0.25, -0.2) is 14.8 Å². The maximum atomic E-state index is 11.6. The van der Waals surface area contributed by atoms with Crippen LogP contribution in [0.25, 0.3) is 22.2 Å². The van der Waals surface area contributed by atoms with Crippen molar-refractivity contribution < 1.29 is 9.90 Å². The fourth-order valence-corrected chi connectivity index (χ4v) is 2.69. The molecule has 0 aliphatic carbocycles. The topological polar surface area (TPSA) is 88.6 Å². The van der Waals surface area contributed by atoms with Gasteiger partial charge >= 0.3 is 5.97 Å². The fourth-order valence-electron chi connectivity index (χ4n) is 2.45. The Balaban J connectivity index is 2.18. The number of aliphatic imine (C=N–C) groups is 1. The molecule has 3 rings (SSSR count). The SMILES string of the molecule is NC(CCl)=Nc1cccc(-c2cc(C(=O)O)c3cc(Cl)ccc3n2)c1. The van der Waals surface area contributed by atoms with Crippen LogP contribution in [0.4, 0.5) is 5.69 Å². The molecule has 7 heteroatoms. The van der Waals surface area contributed by atoms with Crippen LogP contribution in [-0.4, -0.2) is 27.8 Å². The van der Waals surface area contributed by atoms with Crippen molar-refractivity contribution in [1.29, 1.82) is 0 Å². The molecule has 0 aliphatic rings. The van der Waals surface area contributed by atoms with Gasteiger partial charge in [-0.2, -0.15) is 0 Å². The minimum absolute atomic E-state index is 0.127. The third-order valence-electron chi connectivity index (χ3n) is 3.55. The number of carboxylic acid groups (broad SMARTS) is 1. The zero-order valence-corrected chi connectivity index (χ0v) is 14.4. The van der Waals surface area contributed by atoms with Gasteiger partial charge in [0.2, 0.25) is 0 Å². The van der Waals surface area contributed by atoms with E-state index in [-0.39, 0.29) is 11.4 Å². The number of nitrogens with two attached hydrogens (primary N) is 1. The monoisotopic (exact) mass is 373 g/mol. The van der Waals surface area contributed by atoms with Crippen molar-refractivity contribution in [2.75, 3.05) is 5.88 Å². The highest BCUT2D eigenvalue weighted by molar-refractivity contribution is 6.31. The number of alkyl halides is 1. The number of aromatic nitrogens is 1. The Labute approximate surface area is 153 Å². The van der Waals surface area contributed by atoms with Crippen molar-refractivity contribution in [3.8, 4) is 11.3 Å². The number of halogens is 2. The Bertz CT molecular complexity index is 1000. The molecule has 0 saturated carbocycles. The molecular weight excluding hydrogens is 361 g/mol. The summed E-state index contributed by atoms with van der Waals surface area (Å²) < 4.78 is 0. The lowest BCUT2D eigenvalue weighted by molar-refractivity contribution is 0.0699. The molecule has 25 heavy (non-hydrogen) atoms. The van der Waals surface area contributed by atoms with Gasteiger partial charge in [-0.15, -0.1) is 11.6 Å².